The maximum Gasteiger partial charge on any atom is 0.274 e. The maximum atomic E-state index is 12.0. The van der Waals surface area contributed by atoms with Crippen LogP contribution in [0.15, 0.2) is 12.5 Å². The Kier molecular flexibility index (Phi) is 3.24. The Bertz CT molecular complexity index is 367. The molecule has 0 aromatic carbocycles. The van der Waals surface area contributed by atoms with Crippen molar-refractivity contribution in [3.63, 3.8) is 0 Å². The third-order valence-electron chi connectivity index (χ3n) is 3.08. The Morgan fingerprint density at radius 1 is 1.56 bits per heavy atom. The van der Waals surface area contributed by atoms with E-state index < -0.39 is 0 Å². The lowest BCUT2D eigenvalue weighted by Crippen LogP contribution is -2.39. The molecule has 0 aliphatic carbocycles. The molecule has 1 saturated heterocycles. The van der Waals surface area contributed by atoms with Crippen molar-refractivity contribution in [3.8, 4) is 0 Å². The molecule has 2 heterocycles. The molecule has 1 aliphatic heterocycles. The summed E-state index contributed by atoms with van der Waals surface area (Å²) in [5.41, 5.74) is 0.505. The van der Waals surface area contributed by atoms with E-state index in [-0.39, 0.29) is 12.5 Å². The standard InChI is InChI=1S/C11H17N3O2/c1-13-6-10(12-8-13)11(16)14-4-2-9(7-15)3-5-14/h6,8-9,15H,2-5,7H2,1H3. The lowest BCUT2D eigenvalue weighted by Gasteiger charge is -2.30. The zero-order valence-corrected chi connectivity index (χ0v) is 9.46. The van der Waals surface area contributed by atoms with E-state index >= 15 is 0 Å². The molecular formula is C11H17N3O2. The predicted octanol–water partition coefficient (Wildman–Crippen LogP) is 0.265. The topological polar surface area (TPSA) is 58.4 Å². The van der Waals surface area contributed by atoms with Gasteiger partial charge in [-0.1, -0.05) is 0 Å². The van der Waals surface area contributed by atoms with Crippen molar-refractivity contribution in [1.29, 1.82) is 0 Å². The summed E-state index contributed by atoms with van der Waals surface area (Å²) in [5, 5.41) is 9.02. The van der Waals surface area contributed by atoms with Crippen LogP contribution in [0.25, 0.3) is 0 Å². The molecular weight excluding hydrogens is 206 g/mol. The molecule has 0 saturated carbocycles. The van der Waals surface area contributed by atoms with Gasteiger partial charge in [0.05, 0.1) is 6.33 Å². The van der Waals surface area contributed by atoms with E-state index in [0.717, 1.165) is 25.9 Å². The molecule has 1 aromatic heterocycles. The van der Waals surface area contributed by atoms with E-state index in [2.05, 4.69) is 4.98 Å². The fourth-order valence-electron chi connectivity index (χ4n) is 2.00. The zero-order chi connectivity index (χ0) is 11.5. The van der Waals surface area contributed by atoms with Gasteiger partial charge in [-0.3, -0.25) is 4.79 Å². The predicted molar refractivity (Wildman–Crippen MR) is 58.9 cm³/mol. The van der Waals surface area contributed by atoms with Crippen LogP contribution >= 0.6 is 0 Å². The number of carbonyl (C=O) groups excluding carboxylic acids is 1. The number of nitrogens with zero attached hydrogens (tertiary/aromatic N) is 3. The summed E-state index contributed by atoms with van der Waals surface area (Å²) < 4.78 is 1.77. The van der Waals surface area contributed by atoms with Gasteiger partial charge in [-0.15, -0.1) is 0 Å². The Morgan fingerprint density at radius 3 is 2.75 bits per heavy atom. The number of carbonyl (C=O) groups is 1. The third kappa shape index (κ3) is 2.24. The van der Waals surface area contributed by atoms with E-state index in [1.165, 1.54) is 0 Å². The van der Waals surface area contributed by atoms with Gasteiger partial charge in [-0.05, 0) is 18.8 Å². The highest BCUT2D eigenvalue weighted by Gasteiger charge is 2.24. The largest absolute Gasteiger partial charge is 0.396 e. The van der Waals surface area contributed by atoms with Crippen molar-refractivity contribution in [3.05, 3.63) is 18.2 Å². The van der Waals surface area contributed by atoms with Crippen molar-refractivity contribution in [2.75, 3.05) is 19.7 Å². The summed E-state index contributed by atoms with van der Waals surface area (Å²) in [4.78, 5) is 17.9. The number of rotatable bonds is 2. The molecule has 1 aliphatic rings. The first-order valence-electron chi connectivity index (χ1n) is 5.59. The number of hydrogen-bond donors (Lipinski definition) is 1. The van der Waals surface area contributed by atoms with Gasteiger partial charge in [0, 0.05) is 32.9 Å². The van der Waals surface area contributed by atoms with E-state index in [0.29, 0.717) is 11.6 Å². The number of aliphatic hydroxyl groups excluding tert-OH is 1. The molecule has 0 atom stereocenters. The van der Waals surface area contributed by atoms with Gasteiger partial charge >= 0.3 is 0 Å². The summed E-state index contributed by atoms with van der Waals surface area (Å²) >= 11 is 0. The number of aryl methyl sites for hydroxylation is 1. The third-order valence-corrected chi connectivity index (χ3v) is 3.08. The fraction of sp³-hybridized carbons (Fsp3) is 0.636. The summed E-state index contributed by atoms with van der Waals surface area (Å²) in [6.07, 6.45) is 5.14. The molecule has 1 aromatic rings. The van der Waals surface area contributed by atoms with Gasteiger partial charge in [-0.25, -0.2) is 4.98 Å². The van der Waals surface area contributed by atoms with Crippen LogP contribution in [0, 0.1) is 5.92 Å². The zero-order valence-electron chi connectivity index (χ0n) is 9.46. The van der Waals surface area contributed by atoms with E-state index in [1.54, 1.807) is 17.1 Å². The van der Waals surface area contributed by atoms with Crippen LogP contribution in [0.2, 0.25) is 0 Å². The maximum absolute atomic E-state index is 12.0. The highest BCUT2D eigenvalue weighted by Crippen LogP contribution is 2.17. The van der Waals surface area contributed by atoms with Gasteiger partial charge in [0.2, 0.25) is 0 Å². The van der Waals surface area contributed by atoms with Crippen LogP contribution in [-0.4, -0.2) is 45.2 Å². The molecule has 0 unspecified atom stereocenters. The smallest absolute Gasteiger partial charge is 0.274 e. The number of imidazole rings is 1. The minimum absolute atomic E-state index is 0.00279. The number of amides is 1. The minimum Gasteiger partial charge on any atom is -0.396 e. The molecule has 5 nitrogen and oxygen atoms in total. The van der Waals surface area contributed by atoms with Gasteiger partial charge in [-0.2, -0.15) is 0 Å². The monoisotopic (exact) mass is 223 g/mol. The van der Waals surface area contributed by atoms with Crippen molar-refractivity contribution in [1.82, 2.24) is 14.5 Å². The van der Waals surface area contributed by atoms with Crippen molar-refractivity contribution in [2.45, 2.75) is 12.8 Å². The number of aliphatic hydroxyl groups is 1. The first kappa shape index (κ1) is 11.1. The van der Waals surface area contributed by atoms with E-state index in [4.69, 9.17) is 5.11 Å². The lowest BCUT2D eigenvalue weighted by molar-refractivity contribution is 0.0645. The van der Waals surface area contributed by atoms with Crippen LogP contribution in [-0.2, 0) is 7.05 Å². The van der Waals surface area contributed by atoms with Crippen LogP contribution in [0.3, 0.4) is 0 Å². The molecule has 1 fully saturated rings. The molecule has 0 bridgehead atoms. The Balaban J connectivity index is 1.96. The second-order valence-electron chi connectivity index (χ2n) is 4.34. The van der Waals surface area contributed by atoms with Crippen LogP contribution in [0.4, 0.5) is 0 Å². The van der Waals surface area contributed by atoms with Crippen LogP contribution < -0.4 is 0 Å². The lowest BCUT2D eigenvalue weighted by atomic mass is 9.98. The normalized spacial score (nSPS) is 17.8. The number of hydrogen-bond acceptors (Lipinski definition) is 3. The van der Waals surface area contributed by atoms with E-state index in [1.807, 2.05) is 11.9 Å². The minimum atomic E-state index is -0.00279. The highest BCUT2D eigenvalue weighted by atomic mass is 16.3. The number of aromatic nitrogens is 2. The summed E-state index contributed by atoms with van der Waals surface area (Å²) in [6.45, 7) is 1.67. The second kappa shape index (κ2) is 4.65. The molecule has 1 N–H and O–H groups in total. The SMILES string of the molecule is Cn1cnc(C(=O)N2CCC(CO)CC2)c1. The summed E-state index contributed by atoms with van der Waals surface area (Å²) in [6, 6.07) is 0. The van der Waals surface area contributed by atoms with Crippen molar-refractivity contribution >= 4 is 5.91 Å². The van der Waals surface area contributed by atoms with Gasteiger partial charge < -0.3 is 14.6 Å². The van der Waals surface area contributed by atoms with Crippen molar-refractivity contribution < 1.29 is 9.90 Å². The average molecular weight is 223 g/mol. The first-order chi connectivity index (χ1) is 7.70. The Morgan fingerprint density at radius 2 is 2.25 bits per heavy atom. The summed E-state index contributed by atoms with van der Waals surface area (Å²) in [7, 11) is 1.85. The Labute approximate surface area is 94.7 Å². The molecule has 5 heteroatoms. The van der Waals surface area contributed by atoms with E-state index in [9.17, 15) is 4.79 Å². The molecule has 16 heavy (non-hydrogen) atoms. The van der Waals surface area contributed by atoms with Gasteiger partial charge in [0.1, 0.15) is 5.69 Å². The fourth-order valence-corrected chi connectivity index (χ4v) is 2.00. The molecule has 88 valence electrons. The molecule has 0 radical (unpaired) electrons. The quantitative estimate of drug-likeness (QED) is 0.782. The first-order valence-corrected chi connectivity index (χ1v) is 5.59. The van der Waals surface area contributed by atoms with Gasteiger partial charge in [0.25, 0.3) is 5.91 Å². The Hall–Kier alpha value is -1.36. The highest BCUT2D eigenvalue weighted by molar-refractivity contribution is 5.92. The number of piperidine rings is 1. The van der Waals surface area contributed by atoms with Crippen LogP contribution in [0.5, 0.6) is 0 Å². The summed E-state index contributed by atoms with van der Waals surface area (Å²) in [5.74, 6) is 0.352. The molecule has 1 amide bonds. The molecule has 2 rings (SSSR count). The molecule has 0 spiro atoms. The number of likely N-dealkylation sites (tertiary alicyclic amines) is 1. The second-order valence-corrected chi connectivity index (χ2v) is 4.34. The van der Waals surface area contributed by atoms with Crippen molar-refractivity contribution in [2.24, 2.45) is 13.0 Å². The average Bonchev–Trinajstić information content (AvgIpc) is 2.75. The van der Waals surface area contributed by atoms with Gasteiger partial charge in [0.15, 0.2) is 0 Å². The van der Waals surface area contributed by atoms with Crippen LogP contribution in [0.1, 0.15) is 23.3 Å².